The van der Waals surface area contributed by atoms with Crippen LogP contribution in [0.2, 0.25) is 0 Å². The fraction of sp³-hybridized carbons (Fsp3) is 0.222. The number of carbonyl (C=O) groups is 1. The molecule has 0 unspecified atom stereocenters. The molecule has 0 radical (unpaired) electrons. The summed E-state index contributed by atoms with van der Waals surface area (Å²) in [5.74, 6) is -0.878. The Morgan fingerprint density at radius 3 is 2.43 bits per heavy atom. The van der Waals surface area contributed by atoms with Gasteiger partial charge in [-0.25, -0.2) is 0 Å². The van der Waals surface area contributed by atoms with Gasteiger partial charge in [-0.15, -0.1) is 0 Å². The number of nitrogens with zero attached hydrogens (tertiary/aromatic N) is 3. The number of rotatable bonds is 3. The molecule has 5 heteroatoms. The molecule has 1 aromatic rings. The number of carboxylic acids is 1. The zero-order valence-electron chi connectivity index (χ0n) is 6.71. The van der Waals surface area contributed by atoms with Gasteiger partial charge in [0.1, 0.15) is 0 Å². The lowest BCUT2D eigenvalue weighted by molar-refractivity contribution is -0.136. The summed E-state index contributed by atoms with van der Waals surface area (Å²) in [6.45, 7) is 0. The molecular weight excluding hydrogens is 182 g/mol. The van der Waals surface area contributed by atoms with E-state index in [-0.39, 0.29) is 13.8 Å². The normalized spacial score (nSPS) is 8.29. The monoisotopic (exact) mass is 193 g/mol. The maximum absolute atomic E-state index is 10.3. The molecule has 0 amide bonds. The predicted molar refractivity (Wildman–Crippen MR) is 53.3 cm³/mol. The molecular formula is C9H11N3O2. The van der Waals surface area contributed by atoms with Crippen molar-refractivity contribution in [3.8, 4) is 0 Å². The summed E-state index contributed by atoms with van der Waals surface area (Å²) in [4.78, 5) is 12.9. The van der Waals surface area contributed by atoms with Gasteiger partial charge < -0.3 is 5.11 Å². The SMILES string of the molecule is C.[N-]=[N+]=Nc1ccc(CC(=O)O)cc1. The minimum Gasteiger partial charge on any atom is -0.481 e. The Labute approximate surface area is 81.6 Å². The number of hydrogen-bond acceptors (Lipinski definition) is 2. The molecule has 0 fully saturated rings. The van der Waals surface area contributed by atoms with Crippen molar-refractivity contribution < 1.29 is 9.90 Å². The smallest absolute Gasteiger partial charge is 0.307 e. The van der Waals surface area contributed by atoms with E-state index in [1.54, 1.807) is 24.3 Å². The fourth-order valence-electron chi connectivity index (χ4n) is 0.907. The van der Waals surface area contributed by atoms with Gasteiger partial charge in [-0.2, -0.15) is 0 Å². The number of azide groups is 1. The fourth-order valence-corrected chi connectivity index (χ4v) is 0.907. The van der Waals surface area contributed by atoms with Gasteiger partial charge >= 0.3 is 5.97 Å². The average Bonchev–Trinajstić information content (AvgIpc) is 2.08. The van der Waals surface area contributed by atoms with Crippen LogP contribution in [0.1, 0.15) is 13.0 Å². The summed E-state index contributed by atoms with van der Waals surface area (Å²) in [6, 6.07) is 6.41. The van der Waals surface area contributed by atoms with Crippen LogP contribution in [0.25, 0.3) is 10.4 Å². The molecule has 0 atom stereocenters. The van der Waals surface area contributed by atoms with Crippen LogP contribution in [0.15, 0.2) is 29.4 Å². The topological polar surface area (TPSA) is 86.1 Å². The van der Waals surface area contributed by atoms with Crippen LogP contribution < -0.4 is 0 Å². The van der Waals surface area contributed by atoms with Gasteiger partial charge in [-0.3, -0.25) is 4.79 Å². The predicted octanol–water partition coefficient (Wildman–Crippen LogP) is 2.89. The Kier molecular flexibility index (Phi) is 4.81. The van der Waals surface area contributed by atoms with Crippen LogP contribution in [0.4, 0.5) is 5.69 Å². The van der Waals surface area contributed by atoms with E-state index in [2.05, 4.69) is 10.0 Å². The second-order valence-electron chi connectivity index (χ2n) is 2.43. The third kappa shape index (κ3) is 3.60. The Morgan fingerprint density at radius 2 is 2.00 bits per heavy atom. The number of aliphatic carboxylic acids is 1. The molecule has 5 nitrogen and oxygen atoms in total. The molecule has 0 heterocycles. The molecule has 0 aliphatic carbocycles. The van der Waals surface area contributed by atoms with Crippen molar-refractivity contribution in [3.63, 3.8) is 0 Å². The van der Waals surface area contributed by atoms with E-state index in [9.17, 15) is 4.79 Å². The van der Waals surface area contributed by atoms with E-state index in [4.69, 9.17) is 10.6 Å². The maximum atomic E-state index is 10.3. The number of benzene rings is 1. The zero-order valence-corrected chi connectivity index (χ0v) is 6.71. The molecule has 0 bridgehead atoms. The first-order valence-electron chi connectivity index (χ1n) is 3.58. The summed E-state index contributed by atoms with van der Waals surface area (Å²) in [6.07, 6.45) is -0.0173. The molecule has 1 N–H and O–H groups in total. The van der Waals surface area contributed by atoms with Gasteiger partial charge in [0.25, 0.3) is 0 Å². The van der Waals surface area contributed by atoms with Crippen LogP contribution in [0.5, 0.6) is 0 Å². The lowest BCUT2D eigenvalue weighted by Crippen LogP contribution is -1.98. The maximum Gasteiger partial charge on any atom is 0.307 e. The zero-order chi connectivity index (χ0) is 9.68. The van der Waals surface area contributed by atoms with Gasteiger partial charge in [0.05, 0.1) is 6.42 Å². The largest absolute Gasteiger partial charge is 0.481 e. The summed E-state index contributed by atoms with van der Waals surface area (Å²) >= 11 is 0. The van der Waals surface area contributed by atoms with Crippen molar-refractivity contribution >= 4 is 11.7 Å². The van der Waals surface area contributed by atoms with Gasteiger partial charge in [0, 0.05) is 10.6 Å². The minimum absolute atomic E-state index is 0. The van der Waals surface area contributed by atoms with Gasteiger partial charge in [0.15, 0.2) is 0 Å². The Bertz CT molecular complexity index is 353. The first-order valence-corrected chi connectivity index (χ1v) is 3.58. The molecule has 74 valence electrons. The molecule has 0 saturated heterocycles. The van der Waals surface area contributed by atoms with E-state index in [0.717, 1.165) is 0 Å². The molecule has 14 heavy (non-hydrogen) atoms. The van der Waals surface area contributed by atoms with Gasteiger partial charge in [-0.05, 0) is 11.1 Å². The summed E-state index contributed by atoms with van der Waals surface area (Å²) in [5.41, 5.74) is 9.27. The lowest BCUT2D eigenvalue weighted by atomic mass is 10.1. The van der Waals surface area contributed by atoms with Crippen LogP contribution in [-0.2, 0) is 11.2 Å². The molecule has 0 saturated carbocycles. The Balaban J connectivity index is 0.00000169. The number of hydrogen-bond donors (Lipinski definition) is 1. The molecule has 0 aliphatic heterocycles. The highest BCUT2D eigenvalue weighted by atomic mass is 16.4. The van der Waals surface area contributed by atoms with Crippen molar-refractivity contribution in [3.05, 3.63) is 40.3 Å². The summed E-state index contributed by atoms with van der Waals surface area (Å²) in [5, 5.41) is 11.8. The van der Waals surface area contributed by atoms with Crippen LogP contribution in [0.3, 0.4) is 0 Å². The lowest BCUT2D eigenvalue weighted by Gasteiger charge is -1.96. The van der Waals surface area contributed by atoms with Crippen LogP contribution >= 0.6 is 0 Å². The van der Waals surface area contributed by atoms with Crippen molar-refractivity contribution in [2.24, 2.45) is 5.11 Å². The van der Waals surface area contributed by atoms with E-state index in [0.29, 0.717) is 11.3 Å². The highest BCUT2D eigenvalue weighted by Gasteiger charge is 1.98. The third-order valence-corrected chi connectivity index (χ3v) is 1.45. The van der Waals surface area contributed by atoms with Crippen molar-refractivity contribution in [2.45, 2.75) is 13.8 Å². The summed E-state index contributed by atoms with van der Waals surface area (Å²) in [7, 11) is 0. The highest BCUT2D eigenvalue weighted by molar-refractivity contribution is 5.70. The number of carboxylic acid groups (broad SMARTS) is 1. The van der Waals surface area contributed by atoms with Crippen LogP contribution in [0, 0.1) is 0 Å². The van der Waals surface area contributed by atoms with E-state index < -0.39 is 5.97 Å². The first-order chi connectivity index (χ1) is 6.22. The quantitative estimate of drug-likeness (QED) is 0.454. The van der Waals surface area contributed by atoms with E-state index >= 15 is 0 Å². The van der Waals surface area contributed by atoms with Crippen molar-refractivity contribution in [1.82, 2.24) is 0 Å². The van der Waals surface area contributed by atoms with Gasteiger partial charge in [-0.1, -0.05) is 36.8 Å². The molecule has 0 aliphatic rings. The molecule has 0 aromatic heterocycles. The Hall–Kier alpha value is -2.00. The molecule has 1 rings (SSSR count). The van der Waals surface area contributed by atoms with E-state index in [1.165, 1.54) is 0 Å². The summed E-state index contributed by atoms with van der Waals surface area (Å²) < 4.78 is 0. The Morgan fingerprint density at radius 1 is 1.43 bits per heavy atom. The molecule has 1 aromatic carbocycles. The van der Waals surface area contributed by atoms with E-state index in [1.807, 2.05) is 0 Å². The van der Waals surface area contributed by atoms with Crippen molar-refractivity contribution in [1.29, 1.82) is 0 Å². The third-order valence-electron chi connectivity index (χ3n) is 1.45. The first kappa shape index (κ1) is 12.0. The van der Waals surface area contributed by atoms with Crippen LogP contribution in [-0.4, -0.2) is 11.1 Å². The van der Waals surface area contributed by atoms with Gasteiger partial charge in [0.2, 0.25) is 0 Å². The minimum atomic E-state index is -0.878. The standard InChI is InChI=1S/C8H7N3O2.CH4/c9-11-10-7-3-1-6(2-4-7)5-8(12)13;/h1-4H,5H2,(H,12,13);1H4. The molecule has 0 spiro atoms. The van der Waals surface area contributed by atoms with Crippen molar-refractivity contribution in [2.75, 3.05) is 0 Å². The highest BCUT2D eigenvalue weighted by Crippen LogP contribution is 2.13. The second kappa shape index (κ2) is 5.61. The average molecular weight is 193 g/mol. The second-order valence-corrected chi connectivity index (χ2v) is 2.43.